The Bertz CT molecular complexity index is 428. The van der Waals surface area contributed by atoms with Gasteiger partial charge in [-0.25, -0.2) is 0 Å². The summed E-state index contributed by atoms with van der Waals surface area (Å²) in [5.74, 6) is 6.69. The minimum atomic E-state index is 0.379. The molecule has 1 aromatic carbocycles. The van der Waals surface area contributed by atoms with E-state index in [1.54, 1.807) is 0 Å². The summed E-state index contributed by atoms with van der Waals surface area (Å²) >= 11 is 0. The van der Waals surface area contributed by atoms with Crippen LogP contribution in [0.5, 0.6) is 5.75 Å². The number of nitrogens with two attached hydrogens (primary N) is 1. The second-order valence-electron chi connectivity index (χ2n) is 4.31. The van der Waals surface area contributed by atoms with Crippen LogP contribution in [0.1, 0.15) is 24.8 Å². The molecule has 1 heterocycles. The van der Waals surface area contributed by atoms with Crippen LogP contribution in [0.15, 0.2) is 24.3 Å². The van der Waals surface area contributed by atoms with E-state index in [0.29, 0.717) is 19.3 Å². The second-order valence-corrected chi connectivity index (χ2v) is 4.31. The zero-order chi connectivity index (χ0) is 12.6. The van der Waals surface area contributed by atoms with Crippen molar-refractivity contribution in [3.63, 3.8) is 0 Å². The average Bonchev–Trinajstić information content (AvgIpc) is 2.90. The summed E-state index contributed by atoms with van der Waals surface area (Å²) in [5.41, 5.74) is 6.29. The predicted molar refractivity (Wildman–Crippen MR) is 71.5 cm³/mol. The first-order chi connectivity index (χ1) is 8.88. The molecule has 1 fully saturated rings. The molecule has 18 heavy (non-hydrogen) atoms. The minimum Gasteiger partial charge on any atom is -0.493 e. The van der Waals surface area contributed by atoms with Crippen molar-refractivity contribution in [3.8, 4) is 17.6 Å². The van der Waals surface area contributed by atoms with Crippen LogP contribution >= 0.6 is 0 Å². The smallest absolute Gasteiger partial charge is 0.120 e. The van der Waals surface area contributed by atoms with E-state index in [0.717, 1.165) is 30.8 Å². The minimum absolute atomic E-state index is 0.379. The monoisotopic (exact) mass is 245 g/mol. The van der Waals surface area contributed by atoms with Gasteiger partial charge >= 0.3 is 0 Å². The third-order valence-corrected chi connectivity index (χ3v) is 2.90. The zero-order valence-corrected chi connectivity index (χ0v) is 10.5. The van der Waals surface area contributed by atoms with Crippen molar-refractivity contribution in [3.05, 3.63) is 29.8 Å². The molecule has 1 saturated heterocycles. The van der Waals surface area contributed by atoms with Gasteiger partial charge in [-0.3, -0.25) is 0 Å². The van der Waals surface area contributed by atoms with E-state index in [2.05, 4.69) is 11.8 Å². The Morgan fingerprint density at radius 3 is 3.17 bits per heavy atom. The van der Waals surface area contributed by atoms with Crippen LogP contribution in [-0.4, -0.2) is 25.9 Å². The van der Waals surface area contributed by atoms with Gasteiger partial charge in [-0.1, -0.05) is 17.9 Å². The Hall–Kier alpha value is -1.50. The molecule has 0 aromatic heterocycles. The van der Waals surface area contributed by atoms with Crippen LogP contribution in [-0.2, 0) is 4.74 Å². The molecule has 0 spiro atoms. The number of ether oxygens (including phenoxy) is 2. The van der Waals surface area contributed by atoms with Crippen molar-refractivity contribution in [2.45, 2.75) is 25.4 Å². The summed E-state index contributed by atoms with van der Waals surface area (Å²) in [4.78, 5) is 0. The SMILES string of the molecule is NCC#Cc1cccc(OCCC2CCCO2)c1. The fraction of sp³-hybridized carbons (Fsp3) is 0.467. The molecule has 0 saturated carbocycles. The molecule has 0 bridgehead atoms. The maximum atomic E-state index is 5.71. The summed E-state index contributed by atoms with van der Waals surface area (Å²) in [6.45, 7) is 1.97. The molecule has 1 aliphatic heterocycles. The van der Waals surface area contributed by atoms with Gasteiger partial charge in [0.1, 0.15) is 5.75 Å². The predicted octanol–water partition coefficient (Wildman–Crippen LogP) is 1.94. The maximum Gasteiger partial charge on any atom is 0.120 e. The van der Waals surface area contributed by atoms with E-state index in [4.69, 9.17) is 15.2 Å². The molecule has 1 unspecified atom stereocenters. The fourth-order valence-corrected chi connectivity index (χ4v) is 2.00. The van der Waals surface area contributed by atoms with Gasteiger partial charge < -0.3 is 15.2 Å². The van der Waals surface area contributed by atoms with E-state index in [1.165, 1.54) is 6.42 Å². The topological polar surface area (TPSA) is 44.5 Å². The lowest BCUT2D eigenvalue weighted by atomic mass is 10.2. The van der Waals surface area contributed by atoms with Crippen molar-refractivity contribution in [2.75, 3.05) is 19.8 Å². The van der Waals surface area contributed by atoms with Crippen LogP contribution in [0.2, 0.25) is 0 Å². The van der Waals surface area contributed by atoms with E-state index in [9.17, 15) is 0 Å². The summed E-state index contributed by atoms with van der Waals surface area (Å²) in [6.07, 6.45) is 3.67. The van der Waals surface area contributed by atoms with Gasteiger partial charge in [-0.2, -0.15) is 0 Å². The second kappa shape index (κ2) is 7.05. The first kappa shape index (κ1) is 12.9. The molecule has 1 aromatic rings. The van der Waals surface area contributed by atoms with Gasteiger partial charge in [-0.05, 0) is 31.0 Å². The standard InChI is InChI=1S/C15H19NO2/c16-9-2-5-13-4-1-6-15(12-13)18-11-8-14-7-3-10-17-14/h1,4,6,12,14H,3,7-11,16H2. The van der Waals surface area contributed by atoms with E-state index in [-0.39, 0.29) is 0 Å². The Morgan fingerprint density at radius 1 is 1.44 bits per heavy atom. The third-order valence-electron chi connectivity index (χ3n) is 2.90. The number of hydrogen-bond acceptors (Lipinski definition) is 3. The van der Waals surface area contributed by atoms with Gasteiger partial charge in [0, 0.05) is 18.6 Å². The zero-order valence-electron chi connectivity index (χ0n) is 10.5. The van der Waals surface area contributed by atoms with Crippen LogP contribution in [0.25, 0.3) is 0 Å². The summed E-state index contributed by atoms with van der Waals surface area (Å²) < 4.78 is 11.3. The first-order valence-electron chi connectivity index (χ1n) is 6.42. The molecule has 3 nitrogen and oxygen atoms in total. The Morgan fingerprint density at radius 2 is 2.39 bits per heavy atom. The van der Waals surface area contributed by atoms with Crippen molar-refractivity contribution in [1.29, 1.82) is 0 Å². The molecule has 1 aliphatic rings. The molecule has 96 valence electrons. The summed E-state index contributed by atoms with van der Waals surface area (Å²) in [5, 5.41) is 0. The lowest BCUT2D eigenvalue weighted by Gasteiger charge is -2.10. The molecule has 0 aliphatic carbocycles. The van der Waals surface area contributed by atoms with Gasteiger partial charge in [0.05, 0.1) is 19.3 Å². The molecule has 0 radical (unpaired) electrons. The Balaban J connectivity index is 1.81. The molecular formula is C15H19NO2. The fourth-order valence-electron chi connectivity index (χ4n) is 2.00. The summed E-state index contributed by atoms with van der Waals surface area (Å²) in [6, 6.07) is 7.79. The number of hydrogen-bond donors (Lipinski definition) is 1. The highest BCUT2D eigenvalue weighted by molar-refractivity contribution is 5.39. The lowest BCUT2D eigenvalue weighted by molar-refractivity contribution is 0.0903. The van der Waals surface area contributed by atoms with Gasteiger partial charge in [-0.15, -0.1) is 0 Å². The van der Waals surface area contributed by atoms with E-state index >= 15 is 0 Å². The average molecular weight is 245 g/mol. The Labute approximate surface area is 108 Å². The van der Waals surface area contributed by atoms with Gasteiger partial charge in [0.25, 0.3) is 0 Å². The number of benzene rings is 1. The van der Waals surface area contributed by atoms with Crippen molar-refractivity contribution < 1.29 is 9.47 Å². The molecule has 3 heteroatoms. The van der Waals surface area contributed by atoms with Crippen LogP contribution < -0.4 is 10.5 Å². The quantitative estimate of drug-likeness (QED) is 0.825. The van der Waals surface area contributed by atoms with Crippen molar-refractivity contribution >= 4 is 0 Å². The largest absolute Gasteiger partial charge is 0.493 e. The third kappa shape index (κ3) is 4.06. The first-order valence-corrected chi connectivity index (χ1v) is 6.42. The van der Waals surface area contributed by atoms with Crippen LogP contribution in [0.4, 0.5) is 0 Å². The normalized spacial score (nSPS) is 18.2. The highest BCUT2D eigenvalue weighted by Gasteiger charge is 2.14. The molecule has 2 N–H and O–H groups in total. The maximum absolute atomic E-state index is 5.71. The lowest BCUT2D eigenvalue weighted by Crippen LogP contribution is -2.10. The van der Waals surface area contributed by atoms with E-state index < -0.39 is 0 Å². The van der Waals surface area contributed by atoms with Crippen molar-refractivity contribution in [2.24, 2.45) is 5.73 Å². The van der Waals surface area contributed by atoms with Gasteiger partial charge in [0.2, 0.25) is 0 Å². The van der Waals surface area contributed by atoms with Gasteiger partial charge in [0.15, 0.2) is 0 Å². The molecule has 0 amide bonds. The molecular weight excluding hydrogens is 226 g/mol. The number of rotatable bonds is 4. The highest BCUT2D eigenvalue weighted by atomic mass is 16.5. The molecule has 1 atom stereocenters. The van der Waals surface area contributed by atoms with Crippen LogP contribution in [0, 0.1) is 11.8 Å². The molecule has 2 rings (SSSR count). The Kier molecular flexibility index (Phi) is 5.07. The van der Waals surface area contributed by atoms with Crippen molar-refractivity contribution in [1.82, 2.24) is 0 Å². The van der Waals surface area contributed by atoms with Crippen LogP contribution in [0.3, 0.4) is 0 Å². The highest BCUT2D eigenvalue weighted by Crippen LogP contribution is 2.17. The van der Waals surface area contributed by atoms with E-state index in [1.807, 2.05) is 24.3 Å². The summed E-state index contributed by atoms with van der Waals surface area (Å²) in [7, 11) is 0.